The molecule has 0 spiro atoms. The Bertz CT molecular complexity index is 486. The lowest BCUT2D eigenvalue weighted by Gasteiger charge is -2.24. The van der Waals surface area contributed by atoms with Gasteiger partial charge in [-0.15, -0.1) is 0 Å². The van der Waals surface area contributed by atoms with E-state index >= 15 is 0 Å². The van der Waals surface area contributed by atoms with Gasteiger partial charge in [0.1, 0.15) is 5.75 Å². The van der Waals surface area contributed by atoms with E-state index in [0.29, 0.717) is 17.1 Å². The molecular weight excluding hydrogens is 254 g/mol. The lowest BCUT2D eigenvalue weighted by molar-refractivity contribution is -0.120. The van der Waals surface area contributed by atoms with Crippen molar-refractivity contribution in [1.29, 1.82) is 0 Å². The van der Waals surface area contributed by atoms with Gasteiger partial charge in [-0.05, 0) is 44.9 Å². The number of ether oxygens (including phenoxy) is 1. The molecule has 0 aliphatic heterocycles. The SMILES string of the molecule is COc1cc(N)ccc1NC(=O)C(C)N(C)CC1CC1. The maximum Gasteiger partial charge on any atom is 0.241 e. The summed E-state index contributed by atoms with van der Waals surface area (Å²) in [5, 5.41) is 2.90. The standard InChI is InChI=1S/C15H23N3O2/c1-10(18(2)9-11-4-5-11)15(19)17-13-7-6-12(16)8-14(13)20-3/h6-8,10-11H,4-5,9,16H2,1-3H3,(H,17,19). The summed E-state index contributed by atoms with van der Waals surface area (Å²) in [6, 6.07) is 5.04. The molecule has 0 radical (unpaired) electrons. The summed E-state index contributed by atoms with van der Waals surface area (Å²) in [7, 11) is 3.55. The Kier molecular flexibility index (Phi) is 4.49. The third kappa shape index (κ3) is 3.63. The second-order valence-electron chi connectivity index (χ2n) is 5.51. The Morgan fingerprint density at radius 2 is 2.25 bits per heavy atom. The molecule has 1 aliphatic rings. The van der Waals surface area contributed by atoms with Crippen LogP contribution < -0.4 is 15.8 Å². The number of amides is 1. The van der Waals surface area contributed by atoms with Crippen LogP contribution >= 0.6 is 0 Å². The molecule has 1 fully saturated rings. The van der Waals surface area contributed by atoms with Gasteiger partial charge < -0.3 is 15.8 Å². The molecule has 1 saturated carbocycles. The van der Waals surface area contributed by atoms with Crippen LogP contribution in [-0.4, -0.2) is 37.6 Å². The van der Waals surface area contributed by atoms with Crippen LogP contribution in [0, 0.1) is 5.92 Å². The van der Waals surface area contributed by atoms with E-state index in [1.54, 1.807) is 25.3 Å². The van der Waals surface area contributed by atoms with Gasteiger partial charge in [0.15, 0.2) is 0 Å². The third-order valence-corrected chi connectivity index (χ3v) is 3.77. The van der Waals surface area contributed by atoms with Gasteiger partial charge in [-0.25, -0.2) is 0 Å². The van der Waals surface area contributed by atoms with Crippen molar-refractivity contribution in [2.24, 2.45) is 5.92 Å². The quantitative estimate of drug-likeness (QED) is 0.780. The average Bonchev–Trinajstić information content (AvgIpc) is 3.23. The van der Waals surface area contributed by atoms with E-state index in [1.165, 1.54) is 12.8 Å². The number of anilines is 2. The van der Waals surface area contributed by atoms with Gasteiger partial charge >= 0.3 is 0 Å². The third-order valence-electron chi connectivity index (χ3n) is 3.77. The molecule has 1 aliphatic carbocycles. The maximum absolute atomic E-state index is 12.3. The van der Waals surface area contributed by atoms with Crippen molar-refractivity contribution in [2.75, 3.05) is 31.8 Å². The van der Waals surface area contributed by atoms with E-state index in [1.807, 2.05) is 14.0 Å². The van der Waals surface area contributed by atoms with E-state index in [-0.39, 0.29) is 11.9 Å². The van der Waals surface area contributed by atoms with Crippen LogP contribution in [0.3, 0.4) is 0 Å². The van der Waals surface area contributed by atoms with E-state index in [9.17, 15) is 4.79 Å². The van der Waals surface area contributed by atoms with Gasteiger partial charge in [-0.3, -0.25) is 9.69 Å². The first-order chi connectivity index (χ1) is 9.51. The summed E-state index contributed by atoms with van der Waals surface area (Å²) < 4.78 is 5.23. The number of carbonyl (C=O) groups excluding carboxylic acids is 1. The fourth-order valence-electron chi connectivity index (χ4n) is 2.11. The number of nitrogens with zero attached hydrogens (tertiary/aromatic N) is 1. The van der Waals surface area contributed by atoms with Crippen molar-refractivity contribution >= 4 is 17.3 Å². The number of hydrogen-bond acceptors (Lipinski definition) is 4. The minimum Gasteiger partial charge on any atom is -0.494 e. The van der Waals surface area contributed by atoms with Crippen LogP contribution in [0.5, 0.6) is 5.75 Å². The van der Waals surface area contributed by atoms with Crippen LogP contribution in [0.1, 0.15) is 19.8 Å². The van der Waals surface area contributed by atoms with Crippen LogP contribution in [0.25, 0.3) is 0 Å². The molecule has 1 amide bonds. The van der Waals surface area contributed by atoms with E-state index in [0.717, 1.165) is 12.5 Å². The largest absolute Gasteiger partial charge is 0.494 e. The molecular formula is C15H23N3O2. The summed E-state index contributed by atoms with van der Waals surface area (Å²) in [6.07, 6.45) is 2.56. The molecule has 2 rings (SSSR count). The average molecular weight is 277 g/mol. The minimum absolute atomic E-state index is 0.0313. The number of nitrogens with one attached hydrogen (secondary N) is 1. The van der Waals surface area contributed by atoms with E-state index in [4.69, 9.17) is 10.5 Å². The van der Waals surface area contributed by atoms with Crippen LogP contribution in [0.15, 0.2) is 18.2 Å². The zero-order valence-corrected chi connectivity index (χ0v) is 12.3. The van der Waals surface area contributed by atoms with Gasteiger partial charge in [-0.2, -0.15) is 0 Å². The Labute approximate surface area is 120 Å². The molecule has 1 aromatic carbocycles. The van der Waals surface area contributed by atoms with Crippen LogP contribution in [-0.2, 0) is 4.79 Å². The molecule has 1 aromatic rings. The number of nitrogens with two attached hydrogens (primary N) is 1. The fraction of sp³-hybridized carbons (Fsp3) is 0.533. The fourth-order valence-corrected chi connectivity index (χ4v) is 2.11. The second-order valence-corrected chi connectivity index (χ2v) is 5.51. The highest BCUT2D eigenvalue weighted by Crippen LogP contribution is 2.30. The molecule has 0 aromatic heterocycles. The highest BCUT2D eigenvalue weighted by Gasteiger charge is 2.27. The smallest absolute Gasteiger partial charge is 0.241 e. The Morgan fingerprint density at radius 3 is 2.85 bits per heavy atom. The number of rotatable bonds is 6. The van der Waals surface area contributed by atoms with E-state index < -0.39 is 0 Å². The van der Waals surface area contributed by atoms with Crippen molar-refractivity contribution in [3.63, 3.8) is 0 Å². The van der Waals surface area contributed by atoms with Crippen molar-refractivity contribution in [3.8, 4) is 5.75 Å². The zero-order chi connectivity index (χ0) is 14.7. The summed E-state index contributed by atoms with van der Waals surface area (Å²) in [4.78, 5) is 14.4. The topological polar surface area (TPSA) is 67.6 Å². The molecule has 5 nitrogen and oxygen atoms in total. The Morgan fingerprint density at radius 1 is 1.55 bits per heavy atom. The number of likely N-dealkylation sites (N-methyl/N-ethyl adjacent to an activating group) is 1. The van der Waals surface area contributed by atoms with Crippen LogP contribution in [0.2, 0.25) is 0 Å². The van der Waals surface area contributed by atoms with Gasteiger partial charge in [0.2, 0.25) is 5.91 Å². The van der Waals surface area contributed by atoms with Gasteiger partial charge in [0.25, 0.3) is 0 Å². The number of hydrogen-bond donors (Lipinski definition) is 2. The minimum atomic E-state index is -0.169. The molecule has 3 N–H and O–H groups in total. The van der Waals surface area contributed by atoms with Crippen molar-refractivity contribution in [2.45, 2.75) is 25.8 Å². The van der Waals surface area contributed by atoms with Gasteiger partial charge in [0.05, 0.1) is 18.8 Å². The first kappa shape index (κ1) is 14.7. The first-order valence-electron chi connectivity index (χ1n) is 6.96. The van der Waals surface area contributed by atoms with Crippen molar-refractivity contribution in [3.05, 3.63) is 18.2 Å². The Balaban J connectivity index is 1.99. The second kappa shape index (κ2) is 6.13. The molecule has 0 saturated heterocycles. The predicted molar refractivity (Wildman–Crippen MR) is 80.9 cm³/mol. The number of nitrogen functional groups attached to an aromatic ring is 1. The van der Waals surface area contributed by atoms with Crippen LogP contribution in [0.4, 0.5) is 11.4 Å². The lowest BCUT2D eigenvalue weighted by atomic mass is 10.2. The summed E-state index contributed by atoms with van der Waals surface area (Å²) in [5.41, 5.74) is 6.96. The first-order valence-corrected chi connectivity index (χ1v) is 6.96. The number of carbonyl (C=O) groups is 1. The lowest BCUT2D eigenvalue weighted by Crippen LogP contribution is -2.40. The van der Waals surface area contributed by atoms with Crippen molar-refractivity contribution in [1.82, 2.24) is 4.90 Å². The molecule has 1 atom stereocenters. The molecule has 20 heavy (non-hydrogen) atoms. The molecule has 110 valence electrons. The maximum atomic E-state index is 12.3. The normalized spacial score (nSPS) is 16.0. The van der Waals surface area contributed by atoms with E-state index in [2.05, 4.69) is 10.2 Å². The Hall–Kier alpha value is -1.75. The summed E-state index contributed by atoms with van der Waals surface area (Å²) in [5.74, 6) is 1.31. The van der Waals surface area contributed by atoms with Gasteiger partial charge in [0, 0.05) is 18.3 Å². The monoisotopic (exact) mass is 277 g/mol. The summed E-state index contributed by atoms with van der Waals surface area (Å²) >= 11 is 0. The molecule has 5 heteroatoms. The number of methoxy groups -OCH3 is 1. The highest BCUT2D eigenvalue weighted by molar-refractivity contribution is 5.96. The van der Waals surface area contributed by atoms with Crippen molar-refractivity contribution < 1.29 is 9.53 Å². The predicted octanol–water partition coefficient (Wildman–Crippen LogP) is 1.95. The molecule has 0 heterocycles. The van der Waals surface area contributed by atoms with Gasteiger partial charge in [-0.1, -0.05) is 0 Å². The zero-order valence-electron chi connectivity index (χ0n) is 12.3. The number of benzene rings is 1. The summed E-state index contributed by atoms with van der Waals surface area (Å²) in [6.45, 7) is 2.90. The highest BCUT2D eigenvalue weighted by atomic mass is 16.5. The molecule has 1 unspecified atom stereocenters. The molecule has 0 bridgehead atoms.